The first-order valence-corrected chi connectivity index (χ1v) is 6.89. The number of imidazole rings is 1. The average molecular weight is 274 g/mol. The molecule has 1 aliphatic heterocycles. The summed E-state index contributed by atoms with van der Waals surface area (Å²) in [6, 6.07) is 7.47. The number of piperidine rings is 1. The molecule has 0 aliphatic carbocycles. The molecule has 0 saturated carbocycles. The van der Waals surface area contributed by atoms with Crippen molar-refractivity contribution in [2.75, 3.05) is 13.1 Å². The highest BCUT2D eigenvalue weighted by atomic mass is 16.4. The summed E-state index contributed by atoms with van der Waals surface area (Å²) in [5.74, 6) is 0.980. The number of H-pyrrole nitrogens is 1. The molecule has 1 amide bonds. The number of para-hydroxylation sites is 2. The molecular formula is C14H18N4O2. The highest BCUT2D eigenvalue weighted by molar-refractivity contribution is 5.75. The number of carbonyl (C=O) groups is 1. The van der Waals surface area contributed by atoms with Crippen molar-refractivity contribution in [3.05, 3.63) is 30.1 Å². The van der Waals surface area contributed by atoms with Crippen molar-refractivity contribution < 1.29 is 9.90 Å². The van der Waals surface area contributed by atoms with Gasteiger partial charge in [0.25, 0.3) is 0 Å². The molecule has 6 heteroatoms. The molecule has 20 heavy (non-hydrogen) atoms. The normalized spacial score (nSPS) is 18.0. The second-order valence-electron chi connectivity index (χ2n) is 5.15. The second-order valence-corrected chi connectivity index (χ2v) is 5.15. The van der Waals surface area contributed by atoms with E-state index in [4.69, 9.17) is 5.11 Å². The number of nitrogens with zero attached hydrogens (tertiary/aromatic N) is 1. The van der Waals surface area contributed by atoms with Gasteiger partial charge in [0.2, 0.25) is 0 Å². The topological polar surface area (TPSA) is 90.0 Å². The van der Waals surface area contributed by atoms with Gasteiger partial charge in [-0.25, -0.2) is 9.78 Å². The van der Waals surface area contributed by atoms with Gasteiger partial charge in [-0.05, 0) is 44.0 Å². The van der Waals surface area contributed by atoms with E-state index in [0.29, 0.717) is 5.82 Å². The largest absolute Gasteiger partial charge is 0.465 e. The maximum atomic E-state index is 11.1. The fourth-order valence-electron chi connectivity index (χ4n) is 2.84. The Kier molecular flexibility index (Phi) is 3.56. The zero-order valence-electron chi connectivity index (χ0n) is 11.1. The maximum absolute atomic E-state index is 11.1. The van der Waals surface area contributed by atoms with Crippen LogP contribution in [0.4, 0.5) is 4.79 Å². The predicted molar refractivity (Wildman–Crippen MR) is 75.6 cm³/mol. The third-order valence-electron chi connectivity index (χ3n) is 3.84. The third-order valence-corrected chi connectivity index (χ3v) is 3.84. The Morgan fingerprint density at radius 3 is 2.80 bits per heavy atom. The van der Waals surface area contributed by atoms with Crippen LogP contribution in [0.1, 0.15) is 24.7 Å². The molecule has 2 aromatic rings. The van der Waals surface area contributed by atoms with E-state index in [-0.39, 0.29) is 12.0 Å². The predicted octanol–water partition coefficient (Wildman–Crippen LogP) is 1.87. The van der Waals surface area contributed by atoms with E-state index in [9.17, 15) is 4.79 Å². The quantitative estimate of drug-likeness (QED) is 0.688. The first-order valence-electron chi connectivity index (χ1n) is 6.89. The zero-order valence-corrected chi connectivity index (χ0v) is 11.1. The zero-order chi connectivity index (χ0) is 13.9. The number of aromatic amines is 1. The Bertz CT molecular complexity index is 571. The standard InChI is InChI=1S/C14H18N4O2/c19-14(20)18-12(9-5-7-15-8-6-9)13-16-10-3-1-2-4-11(10)17-13/h1-4,9,12,15,18H,5-8H2,(H,16,17)(H,19,20). The van der Waals surface area contributed by atoms with Crippen molar-refractivity contribution >= 4 is 17.1 Å². The highest BCUT2D eigenvalue weighted by Gasteiger charge is 2.28. The highest BCUT2D eigenvalue weighted by Crippen LogP contribution is 2.28. The second kappa shape index (κ2) is 5.50. The van der Waals surface area contributed by atoms with Gasteiger partial charge in [0.05, 0.1) is 17.1 Å². The van der Waals surface area contributed by atoms with Crippen LogP contribution in [-0.2, 0) is 0 Å². The summed E-state index contributed by atoms with van der Waals surface area (Å²) in [5, 5.41) is 15.0. The molecular weight excluding hydrogens is 256 g/mol. The Balaban J connectivity index is 1.92. The van der Waals surface area contributed by atoms with Gasteiger partial charge in [0, 0.05) is 0 Å². The van der Waals surface area contributed by atoms with Gasteiger partial charge in [-0.3, -0.25) is 0 Å². The third kappa shape index (κ3) is 2.60. The summed E-state index contributed by atoms with van der Waals surface area (Å²) in [5.41, 5.74) is 1.81. The summed E-state index contributed by atoms with van der Waals surface area (Å²) in [7, 11) is 0. The van der Waals surface area contributed by atoms with Crippen molar-refractivity contribution in [2.45, 2.75) is 18.9 Å². The van der Waals surface area contributed by atoms with Gasteiger partial charge in [0.15, 0.2) is 0 Å². The van der Waals surface area contributed by atoms with Crippen LogP contribution in [0.2, 0.25) is 0 Å². The molecule has 1 saturated heterocycles. The smallest absolute Gasteiger partial charge is 0.405 e. The molecule has 106 valence electrons. The summed E-state index contributed by atoms with van der Waals surface area (Å²) >= 11 is 0. The Morgan fingerprint density at radius 1 is 1.35 bits per heavy atom. The van der Waals surface area contributed by atoms with E-state index in [2.05, 4.69) is 20.6 Å². The molecule has 3 rings (SSSR count). The van der Waals surface area contributed by atoms with Gasteiger partial charge < -0.3 is 20.7 Å². The van der Waals surface area contributed by atoms with Crippen molar-refractivity contribution in [3.63, 3.8) is 0 Å². The lowest BCUT2D eigenvalue weighted by Crippen LogP contribution is -2.38. The maximum Gasteiger partial charge on any atom is 0.405 e. The SMILES string of the molecule is O=C(O)NC(c1nc2ccccc2[nH]1)C1CCNCC1. The minimum absolute atomic E-state index is 0.271. The van der Waals surface area contributed by atoms with E-state index in [1.54, 1.807) is 0 Å². The molecule has 1 aliphatic rings. The fraction of sp³-hybridized carbons (Fsp3) is 0.429. The van der Waals surface area contributed by atoms with E-state index in [0.717, 1.165) is 37.0 Å². The number of rotatable bonds is 3. The van der Waals surface area contributed by atoms with Crippen LogP contribution in [0.15, 0.2) is 24.3 Å². The molecule has 1 atom stereocenters. The van der Waals surface area contributed by atoms with E-state index in [1.807, 2.05) is 24.3 Å². The number of fused-ring (bicyclic) bond motifs is 1. The first kappa shape index (κ1) is 12.9. The van der Waals surface area contributed by atoms with E-state index in [1.165, 1.54) is 0 Å². The summed E-state index contributed by atoms with van der Waals surface area (Å²) < 4.78 is 0. The summed E-state index contributed by atoms with van der Waals surface area (Å²) in [6.45, 7) is 1.84. The molecule has 0 spiro atoms. The lowest BCUT2D eigenvalue weighted by Gasteiger charge is -2.29. The van der Waals surface area contributed by atoms with Crippen molar-refractivity contribution in [2.24, 2.45) is 5.92 Å². The molecule has 6 nitrogen and oxygen atoms in total. The molecule has 0 bridgehead atoms. The Hall–Kier alpha value is -2.08. The van der Waals surface area contributed by atoms with Crippen LogP contribution in [0, 0.1) is 5.92 Å². The molecule has 2 heterocycles. The minimum Gasteiger partial charge on any atom is -0.465 e. The number of benzene rings is 1. The van der Waals surface area contributed by atoms with Crippen molar-refractivity contribution in [1.29, 1.82) is 0 Å². The van der Waals surface area contributed by atoms with Crippen LogP contribution in [0.5, 0.6) is 0 Å². The van der Waals surface area contributed by atoms with E-state index >= 15 is 0 Å². The van der Waals surface area contributed by atoms with Gasteiger partial charge in [-0.2, -0.15) is 0 Å². The monoisotopic (exact) mass is 274 g/mol. The van der Waals surface area contributed by atoms with Crippen molar-refractivity contribution in [3.8, 4) is 0 Å². The Morgan fingerprint density at radius 2 is 2.10 bits per heavy atom. The van der Waals surface area contributed by atoms with Crippen LogP contribution in [0.3, 0.4) is 0 Å². The number of nitrogens with one attached hydrogen (secondary N) is 3. The molecule has 4 N–H and O–H groups in total. The summed E-state index contributed by atoms with van der Waals surface area (Å²) in [6.07, 6.45) is 0.887. The van der Waals surface area contributed by atoms with Crippen LogP contribution >= 0.6 is 0 Å². The Labute approximate surface area is 116 Å². The number of aromatic nitrogens is 2. The average Bonchev–Trinajstić information content (AvgIpc) is 2.89. The lowest BCUT2D eigenvalue weighted by molar-refractivity contribution is 0.178. The molecule has 1 unspecified atom stereocenters. The van der Waals surface area contributed by atoms with E-state index < -0.39 is 6.09 Å². The molecule has 1 aromatic heterocycles. The number of hydrogen-bond donors (Lipinski definition) is 4. The van der Waals surface area contributed by atoms with Gasteiger partial charge in [-0.1, -0.05) is 12.1 Å². The lowest BCUT2D eigenvalue weighted by atomic mass is 9.90. The number of hydrogen-bond acceptors (Lipinski definition) is 3. The van der Waals surface area contributed by atoms with Crippen LogP contribution < -0.4 is 10.6 Å². The van der Waals surface area contributed by atoms with Gasteiger partial charge >= 0.3 is 6.09 Å². The van der Waals surface area contributed by atoms with Gasteiger partial charge in [-0.15, -0.1) is 0 Å². The van der Waals surface area contributed by atoms with Crippen LogP contribution in [-0.4, -0.2) is 34.3 Å². The fourth-order valence-corrected chi connectivity index (χ4v) is 2.84. The molecule has 1 aromatic carbocycles. The molecule has 1 fully saturated rings. The molecule has 0 radical (unpaired) electrons. The number of amides is 1. The van der Waals surface area contributed by atoms with Crippen LogP contribution in [0.25, 0.3) is 11.0 Å². The minimum atomic E-state index is -1.01. The summed E-state index contributed by atoms with van der Waals surface area (Å²) in [4.78, 5) is 18.9. The first-order chi connectivity index (χ1) is 9.74. The number of carboxylic acid groups (broad SMARTS) is 1. The van der Waals surface area contributed by atoms with Gasteiger partial charge in [0.1, 0.15) is 5.82 Å². The van der Waals surface area contributed by atoms with Crippen molar-refractivity contribution in [1.82, 2.24) is 20.6 Å².